The van der Waals surface area contributed by atoms with Crippen molar-refractivity contribution in [1.82, 2.24) is 0 Å². The first-order valence-electron chi connectivity index (χ1n) is 8.75. The van der Waals surface area contributed by atoms with Crippen molar-refractivity contribution in [2.24, 2.45) is 11.3 Å². The molecule has 1 aromatic rings. The van der Waals surface area contributed by atoms with Crippen molar-refractivity contribution >= 4 is 6.29 Å². The molecule has 0 saturated heterocycles. The number of rotatable bonds is 2. The minimum atomic E-state index is -0.134. The Bertz CT molecular complexity index is 576. The molecule has 1 aliphatic heterocycles. The van der Waals surface area contributed by atoms with Crippen LogP contribution < -0.4 is 9.47 Å². The van der Waals surface area contributed by atoms with Crippen molar-refractivity contribution in [3.8, 4) is 11.5 Å². The highest BCUT2D eigenvalue weighted by Gasteiger charge is 2.51. The van der Waals surface area contributed by atoms with Crippen molar-refractivity contribution in [2.75, 3.05) is 7.11 Å². The van der Waals surface area contributed by atoms with Gasteiger partial charge in [0.2, 0.25) is 0 Å². The van der Waals surface area contributed by atoms with Crippen LogP contribution in [0.15, 0.2) is 12.1 Å². The molecular formula is C20H30O3. The number of carbonyl (C=O) groups excluding carboxylic acids is 1. The van der Waals surface area contributed by atoms with Gasteiger partial charge in [-0.25, -0.2) is 0 Å². The van der Waals surface area contributed by atoms with Crippen molar-refractivity contribution < 1.29 is 14.3 Å². The topological polar surface area (TPSA) is 35.5 Å². The molecule has 0 spiro atoms. The van der Waals surface area contributed by atoms with Crippen LogP contribution in [0.25, 0.3) is 0 Å². The second-order valence-electron chi connectivity index (χ2n) is 7.34. The van der Waals surface area contributed by atoms with Crippen LogP contribution in [0.4, 0.5) is 0 Å². The molecule has 1 saturated carbocycles. The van der Waals surface area contributed by atoms with Gasteiger partial charge in [0.15, 0.2) is 11.5 Å². The summed E-state index contributed by atoms with van der Waals surface area (Å²) in [5.74, 6) is 1.98. The van der Waals surface area contributed by atoms with Crippen LogP contribution in [-0.4, -0.2) is 19.0 Å². The van der Waals surface area contributed by atoms with Gasteiger partial charge >= 0.3 is 0 Å². The van der Waals surface area contributed by atoms with E-state index >= 15 is 0 Å². The van der Waals surface area contributed by atoms with E-state index in [1.807, 2.05) is 19.9 Å². The molecule has 2 atom stereocenters. The number of benzene rings is 1. The fourth-order valence-corrected chi connectivity index (χ4v) is 4.31. The van der Waals surface area contributed by atoms with Gasteiger partial charge in [0.25, 0.3) is 0 Å². The van der Waals surface area contributed by atoms with Gasteiger partial charge < -0.3 is 9.47 Å². The van der Waals surface area contributed by atoms with E-state index in [4.69, 9.17) is 9.47 Å². The third-order valence-corrected chi connectivity index (χ3v) is 5.44. The quantitative estimate of drug-likeness (QED) is 0.715. The van der Waals surface area contributed by atoms with E-state index in [1.165, 1.54) is 12.8 Å². The average Bonchev–Trinajstić information content (AvgIpc) is 2.54. The maximum atomic E-state index is 11.1. The summed E-state index contributed by atoms with van der Waals surface area (Å²) >= 11 is 0. The highest BCUT2D eigenvalue weighted by Crippen LogP contribution is 2.54. The van der Waals surface area contributed by atoms with Crippen molar-refractivity contribution in [3.05, 3.63) is 23.3 Å². The summed E-state index contributed by atoms with van der Waals surface area (Å²) in [5.41, 5.74) is 1.89. The van der Waals surface area contributed by atoms with Crippen LogP contribution in [0.1, 0.15) is 69.8 Å². The zero-order valence-electron chi connectivity index (χ0n) is 15.4. The Morgan fingerprint density at radius 3 is 2.52 bits per heavy atom. The molecule has 2 aliphatic rings. The number of fused-ring (bicyclic) bond motifs is 2. The fourth-order valence-electron chi connectivity index (χ4n) is 4.31. The summed E-state index contributed by atoms with van der Waals surface area (Å²) in [7, 11) is 1.63. The standard InChI is InChI=1S/C18H24O3.C2H6/c1-17(2)6-5-7-18(3)15(17)10-13-8-12(11-19)9-14(20-4)16(13)21-18;1-2/h8-9,11,15H,5-7,10H2,1-4H3;1-2H3/t15?,18-;/m1./s1. The van der Waals surface area contributed by atoms with E-state index in [1.54, 1.807) is 13.2 Å². The summed E-state index contributed by atoms with van der Waals surface area (Å²) in [6, 6.07) is 3.72. The maximum absolute atomic E-state index is 11.1. The lowest BCUT2D eigenvalue weighted by atomic mass is 9.59. The van der Waals surface area contributed by atoms with Crippen LogP contribution in [0.3, 0.4) is 0 Å². The second-order valence-corrected chi connectivity index (χ2v) is 7.34. The lowest BCUT2D eigenvalue weighted by molar-refractivity contribution is -0.0827. The Labute approximate surface area is 140 Å². The van der Waals surface area contributed by atoms with Gasteiger partial charge in [0.1, 0.15) is 11.9 Å². The molecule has 0 bridgehead atoms. The molecule has 1 aliphatic carbocycles. The molecule has 1 unspecified atom stereocenters. The number of aldehydes is 1. The Morgan fingerprint density at radius 1 is 1.22 bits per heavy atom. The Morgan fingerprint density at radius 2 is 1.91 bits per heavy atom. The van der Waals surface area contributed by atoms with E-state index < -0.39 is 0 Å². The Hall–Kier alpha value is -1.51. The minimum absolute atomic E-state index is 0.134. The van der Waals surface area contributed by atoms with Crippen molar-refractivity contribution in [3.63, 3.8) is 0 Å². The molecule has 23 heavy (non-hydrogen) atoms. The zero-order chi connectivity index (χ0) is 17.3. The highest BCUT2D eigenvalue weighted by molar-refractivity contribution is 5.77. The summed E-state index contributed by atoms with van der Waals surface area (Å²) in [4.78, 5) is 11.1. The summed E-state index contributed by atoms with van der Waals surface area (Å²) in [5, 5.41) is 0. The van der Waals surface area contributed by atoms with Gasteiger partial charge in [-0.3, -0.25) is 4.79 Å². The van der Waals surface area contributed by atoms with Gasteiger partial charge in [-0.2, -0.15) is 0 Å². The summed E-state index contributed by atoms with van der Waals surface area (Å²) in [6.07, 6.45) is 5.35. The van der Waals surface area contributed by atoms with Crippen LogP contribution in [0.2, 0.25) is 0 Å². The lowest BCUT2D eigenvalue weighted by Gasteiger charge is -2.53. The molecular weight excluding hydrogens is 288 g/mol. The SMILES string of the molecule is CC.COc1cc(C=O)cc2c1O[C@]1(C)CCCC(C)(C)C1C2. The molecule has 3 rings (SSSR count). The highest BCUT2D eigenvalue weighted by atomic mass is 16.5. The molecule has 0 radical (unpaired) electrons. The second kappa shape index (κ2) is 6.54. The third-order valence-electron chi connectivity index (χ3n) is 5.44. The zero-order valence-corrected chi connectivity index (χ0v) is 15.4. The lowest BCUT2D eigenvalue weighted by Crippen LogP contribution is -2.54. The van der Waals surface area contributed by atoms with Gasteiger partial charge in [-0.1, -0.05) is 27.7 Å². The summed E-state index contributed by atoms with van der Waals surface area (Å²) in [6.45, 7) is 10.9. The minimum Gasteiger partial charge on any atom is -0.493 e. The van der Waals surface area contributed by atoms with Crippen molar-refractivity contribution in [1.29, 1.82) is 0 Å². The molecule has 0 aromatic heterocycles. The first-order valence-corrected chi connectivity index (χ1v) is 8.75. The van der Waals surface area contributed by atoms with Gasteiger partial charge in [-0.05, 0) is 55.7 Å². The number of carbonyl (C=O) groups is 1. The third kappa shape index (κ3) is 3.11. The smallest absolute Gasteiger partial charge is 0.165 e. The van der Waals surface area contributed by atoms with Crippen LogP contribution in [0.5, 0.6) is 11.5 Å². The first-order chi connectivity index (χ1) is 10.9. The van der Waals surface area contributed by atoms with Gasteiger partial charge in [-0.15, -0.1) is 0 Å². The number of methoxy groups -OCH3 is 1. The Kier molecular flexibility index (Phi) is 5.07. The molecule has 0 amide bonds. The fraction of sp³-hybridized carbons (Fsp3) is 0.650. The first kappa shape index (κ1) is 17.8. The summed E-state index contributed by atoms with van der Waals surface area (Å²) < 4.78 is 11.9. The van der Waals surface area contributed by atoms with Crippen LogP contribution in [-0.2, 0) is 6.42 Å². The molecule has 1 fully saturated rings. The van der Waals surface area contributed by atoms with E-state index in [2.05, 4.69) is 20.8 Å². The average molecular weight is 318 g/mol. The monoisotopic (exact) mass is 318 g/mol. The van der Waals surface area contributed by atoms with Gasteiger partial charge in [0.05, 0.1) is 7.11 Å². The number of hydrogen-bond donors (Lipinski definition) is 0. The molecule has 0 N–H and O–H groups in total. The predicted octanol–water partition coefficient (Wildman–Crippen LogP) is 5.05. The molecule has 1 heterocycles. The molecule has 1 aromatic carbocycles. The maximum Gasteiger partial charge on any atom is 0.165 e. The van der Waals surface area contributed by atoms with Crippen LogP contribution in [0, 0.1) is 11.3 Å². The predicted molar refractivity (Wildman–Crippen MR) is 93.6 cm³/mol. The largest absolute Gasteiger partial charge is 0.493 e. The van der Waals surface area contributed by atoms with Crippen molar-refractivity contribution in [2.45, 2.75) is 65.9 Å². The van der Waals surface area contributed by atoms with E-state index in [-0.39, 0.29) is 11.0 Å². The van der Waals surface area contributed by atoms with E-state index in [0.29, 0.717) is 17.2 Å². The number of hydrogen-bond acceptors (Lipinski definition) is 3. The van der Waals surface area contributed by atoms with Crippen LogP contribution >= 0.6 is 0 Å². The molecule has 3 heteroatoms. The van der Waals surface area contributed by atoms with Gasteiger partial charge in [0, 0.05) is 11.5 Å². The number of ether oxygens (including phenoxy) is 2. The normalized spacial score (nSPS) is 27.5. The molecule has 128 valence electrons. The Balaban J connectivity index is 0.000000924. The van der Waals surface area contributed by atoms with E-state index in [9.17, 15) is 4.79 Å². The molecule has 3 nitrogen and oxygen atoms in total. The van der Waals surface area contributed by atoms with E-state index in [0.717, 1.165) is 30.4 Å².